The van der Waals surface area contributed by atoms with Crippen LogP contribution in [0.1, 0.15) is 55.8 Å². The fourth-order valence-corrected chi connectivity index (χ4v) is 4.11. The van der Waals surface area contributed by atoms with Gasteiger partial charge in [-0.2, -0.15) is 0 Å². The third kappa shape index (κ3) is 3.91. The summed E-state index contributed by atoms with van der Waals surface area (Å²) in [5, 5.41) is 2.32. The van der Waals surface area contributed by atoms with Crippen LogP contribution in [0.25, 0.3) is 10.8 Å². The molecular weight excluding hydrogens is 350 g/mol. The molecule has 1 amide bonds. The fraction of sp³-hybridized carbons (Fsp3) is 0.375. The summed E-state index contributed by atoms with van der Waals surface area (Å²) in [6.07, 6.45) is 4.57. The van der Waals surface area contributed by atoms with Gasteiger partial charge < -0.3 is 14.1 Å². The van der Waals surface area contributed by atoms with Crippen LogP contribution in [0.5, 0.6) is 5.75 Å². The first kappa shape index (κ1) is 18.6. The molecule has 0 aliphatic heterocycles. The van der Waals surface area contributed by atoms with Gasteiger partial charge in [0.1, 0.15) is 18.1 Å². The van der Waals surface area contributed by atoms with Gasteiger partial charge in [-0.3, -0.25) is 4.79 Å². The van der Waals surface area contributed by atoms with E-state index in [1.54, 1.807) is 6.07 Å². The molecule has 0 radical (unpaired) electrons. The number of ether oxygens (including phenoxy) is 1. The number of nitrogens with zero attached hydrogens (tertiary/aromatic N) is 1. The number of fused-ring (bicyclic) bond motifs is 1. The molecule has 0 saturated heterocycles. The van der Waals surface area contributed by atoms with E-state index in [1.165, 1.54) is 18.2 Å². The van der Waals surface area contributed by atoms with Gasteiger partial charge in [-0.15, -0.1) is 0 Å². The SMILES string of the molecule is CC(C)N(C(=O)c1ccc(COc2ccc3ccccc3c2)o1)C1CCCC1. The zero-order chi connectivity index (χ0) is 19.5. The van der Waals surface area contributed by atoms with Crippen molar-refractivity contribution < 1.29 is 13.9 Å². The number of hydrogen-bond acceptors (Lipinski definition) is 3. The summed E-state index contributed by atoms with van der Waals surface area (Å²) in [5.41, 5.74) is 0. The Morgan fingerprint density at radius 1 is 1.07 bits per heavy atom. The first-order chi connectivity index (χ1) is 13.6. The van der Waals surface area contributed by atoms with Crippen LogP contribution < -0.4 is 4.74 Å². The van der Waals surface area contributed by atoms with Crippen molar-refractivity contribution in [2.75, 3.05) is 0 Å². The molecular formula is C24H27NO3. The maximum Gasteiger partial charge on any atom is 0.290 e. The molecule has 0 N–H and O–H groups in total. The fourth-order valence-electron chi connectivity index (χ4n) is 4.11. The maximum absolute atomic E-state index is 13.0. The monoisotopic (exact) mass is 377 g/mol. The average Bonchev–Trinajstić information content (AvgIpc) is 3.38. The molecule has 0 unspecified atom stereocenters. The third-order valence-electron chi connectivity index (χ3n) is 5.48. The second kappa shape index (κ2) is 8.09. The van der Waals surface area contributed by atoms with Gasteiger partial charge in [0.15, 0.2) is 5.76 Å². The van der Waals surface area contributed by atoms with Crippen LogP contribution >= 0.6 is 0 Å². The van der Waals surface area contributed by atoms with Crippen LogP contribution in [0.3, 0.4) is 0 Å². The number of furan rings is 1. The summed E-state index contributed by atoms with van der Waals surface area (Å²) in [4.78, 5) is 15.0. The number of benzene rings is 2. The molecule has 4 rings (SSSR count). The van der Waals surface area contributed by atoms with Crippen molar-refractivity contribution in [3.05, 3.63) is 66.1 Å². The summed E-state index contributed by atoms with van der Waals surface area (Å²) in [6, 6.07) is 18.3. The van der Waals surface area contributed by atoms with Gasteiger partial charge in [-0.05, 0) is 61.7 Å². The zero-order valence-corrected chi connectivity index (χ0v) is 16.6. The standard InChI is InChI=1S/C24H27NO3/c1-17(2)25(20-9-5-6-10-20)24(26)23-14-13-22(28-23)16-27-21-12-11-18-7-3-4-8-19(18)15-21/h3-4,7-8,11-15,17,20H,5-6,9-10,16H2,1-2H3. The molecule has 3 aromatic rings. The Balaban J connectivity index is 1.43. The van der Waals surface area contributed by atoms with Crippen LogP contribution in [0.4, 0.5) is 0 Å². The Morgan fingerprint density at radius 2 is 1.82 bits per heavy atom. The Hall–Kier alpha value is -2.75. The van der Waals surface area contributed by atoms with E-state index in [4.69, 9.17) is 9.15 Å². The molecule has 1 aromatic heterocycles. The van der Waals surface area contributed by atoms with Gasteiger partial charge >= 0.3 is 0 Å². The summed E-state index contributed by atoms with van der Waals surface area (Å²) in [5.74, 6) is 1.83. The molecule has 1 fully saturated rings. The second-order valence-corrected chi connectivity index (χ2v) is 7.81. The van der Waals surface area contributed by atoms with E-state index in [0.29, 0.717) is 24.2 Å². The molecule has 1 aliphatic carbocycles. The van der Waals surface area contributed by atoms with E-state index in [1.807, 2.05) is 41.3 Å². The maximum atomic E-state index is 13.0. The predicted octanol–water partition coefficient (Wildman–Crippen LogP) is 5.81. The minimum atomic E-state index is -0.0149. The van der Waals surface area contributed by atoms with Gasteiger partial charge in [-0.25, -0.2) is 0 Å². The Morgan fingerprint density at radius 3 is 2.57 bits per heavy atom. The van der Waals surface area contributed by atoms with Crippen LogP contribution in [0, 0.1) is 0 Å². The van der Waals surface area contributed by atoms with E-state index in [9.17, 15) is 4.79 Å². The van der Waals surface area contributed by atoms with Crippen molar-refractivity contribution in [1.82, 2.24) is 4.90 Å². The van der Waals surface area contributed by atoms with Crippen molar-refractivity contribution in [2.45, 2.75) is 58.2 Å². The normalized spacial score (nSPS) is 14.7. The van der Waals surface area contributed by atoms with Gasteiger partial charge in [0.2, 0.25) is 0 Å². The highest BCUT2D eigenvalue weighted by Crippen LogP contribution is 2.27. The lowest BCUT2D eigenvalue weighted by Gasteiger charge is -2.32. The van der Waals surface area contributed by atoms with Crippen LogP contribution in [0.15, 0.2) is 59.0 Å². The van der Waals surface area contributed by atoms with Crippen LogP contribution in [-0.2, 0) is 6.61 Å². The molecule has 1 aliphatic rings. The molecule has 2 aromatic carbocycles. The molecule has 1 heterocycles. The van der Waals surface area contributed by atoms with Crippen molar-refractivity contribution >= 4 is 16.7 Å². The first-order valence-corrected chi connectivity index (χ1v) is 10.1. The first-order valence-electron chi connectivity index (χ1n) is 10.1. The summed E-state index contributed by atoms with van der Waals surface area (Å²) < 4.78 is 11.7. The van der Waals surface area contributed by atoms with E-state index in [0.717, 1.165) is 24.0 Å². The van der Waals surface area contributed by atoms with E-state index >= 15 is 0 Å². The summed E-state index contributed by atoms with van der Waals surface area (Å²) in [6.45, 7) is 4.45. The minimum absolute atomic E-state index is 0.0149. The van der Waals surface area contributed by atoms with E-state index in [-0.39, 0.29) is 11.9 Å². The minimum Gasteiger partial charge on any atom is -0.486 e. The van der Waals surface area contributed by atoms with Gasteiger partial charge in [0, 0.05) is 12.1 Å². The van der Waals surface area contributed by atoms with Gasteiger partial charge in [0.25, 0.3) is 5.91 Å². The van der Waals surface area contributed by atoms with Crippen LogP contribution in [0.2, 0.25) is 0 Å². The Bertz CT molecular complexity index is 953. The molecule has 1 saturated carbocycles. The number of carbonyl (C=O) groups is 1. The van der Waals surface area contributed by atoms with Gasteiger partial charge in [0.05, 0.1) is 0 Å². The van der Waals surface area contributed by atoms with Crippen LogP contribution in [-0.4, -0.2) is 22.9 Å². The zero-order valence-electron chi connectivity index (χ0n) is 16.6. The topological polar surface area (TPSA) is 42.7 Å². The van der Waals surface area contributed by atoms with Crippen molar-refractivity contribution in [2.24, 2.45) is 0 Å². The largest absolute Gasteiger partial charge is 0.486 e. The van der Waals surface area contributed by atoms with Crippen molar-refractivity contribution in [3.8, 4) is 5.75 Å². The quantitative estimate of drug-likeness (QED) is 0.545. The number of carbonyl (C=O) groups excluding carboxylic acids is 1. The number of amides is 1. The molecule has 4 heteroatoms. The lowest BCUT2D eigenvalue weighted by molar-refractivity contribution is 0.0576. The summed E-state index contributed by atoms with van der Waals surface area (Å²) >= 11 is 0. The van der Waals surface area contributed by atoms with E-state index in [2.05, 4.69) is 26.0 Å². The van der Waals surface area contributed by atoms with E-state index < -0.39 is 0 Å². The van der Waals surface area contributed by atoms with Crippen molar-refractivity contribution in [1.29, 1.82) is 0 Å². The number of rotatable bonds is 6. The highest BCUT2D eigenvalue weighted by atomic mass is 16.5. The van der Waals surface area contributed by atoms with Crippen molar-refractivity contribution in [3.63, 3.8) is 0 Å². The molecule has 4 nitrogen and oxygen atoms in total. The average molecular weight is 377 g/mol. The predicted molar refractivity (Wildman–Crippen MR) is 111 cm³/mol. The number of hydrogen-bond donors (Lipinski definition) is 0. The summed E-state index contributed by atoms with van der Waals surface area (Å²) in [7, 11) is 0. The molecule has 146 valence electrons. The Kier molecular flexibility index (Phi) is 5.38. The lowest BCUT2D eigenvalue weighted by Crippen LogP contribution is -2.43. The molecule has 0 spiro atoms. The third-order valence-corrected chi connectivity index (χ3v) is 5.48. The second-order valence-electron chi connectivity index (χ2n) is 7.81. The molecule has 28 heavy (non-hydrogen) atoms. The Labute approximate surface area is 166 Å². The highest BCUT2D eigenvalue weighted by Gasteiger charge is 2.30. The molecule has 0 bridgehead atoms. The molecule has 0 atom stereocenters. The highest BCUT2D eigenvalue weighted by molar-refractivity contribution is 5.92. The van der Waals surface area contributed by atoms with Gasteiger partial charge in [-0.1, -0.05) is 43.2 Å². The smallest absolute Gasteiger partial charge is 0.290 e. The lowest BCUT2D eigenvalue weighted by atomic mass is 10.1.